The van der Waals surface area contributed by atoms with E-state index in [1.807, 2.05) is 4.90 Å². The molecule has 1 heterocycles. The lowest BCUT2D eigenvalue weighted by Gasteiger charge is -2.34. The fourth-order valence-electron chi connectivity index (χ4n) is 2.93. The maximum absolute atomic E-state index is 13.8. The summed E-state index contributed by atoms with van der Waals surface area (Å²) in [5, 5.41) is 19.6. The number of rotatable bonds is 6. The minimum atomic E-state index is -0.944. The Labute approximate surface area is 167 Å². The molecule has 0 bridgehead atoms. The zero-order chi connectivity index (χ0) is 20.1. The standard InChI is InChI=1S/C20H21ClFN3O3/c21-17-6-3-14(7-18(17)22)9-25(16-4-1-13(8-23)2-5-16)10-19(26)20-27-11-15(24)12-28-20/h1-7,15,19-20,26H,9-12,24H2/t15?,19-,20?/m0/s1. The Morgan fingerprint density at radius 1 is 1.25 bits per heavy atom. The van der Waals surface area contributed by atoms with Gasteiger partial charge in [0.15, 0.2) is 6.29 Å². The minimum absolute atomic E-state index is 0.0500. The molecule has 8 heteroatoms. The van der Waals surface area contributed by atoms with Crippen LogP contribution in [-0.2, 0) is 16.0 Å². The van der Waals surface area contributed by atoms with Crippen molar-refractivity contribution in [3.05, 3.63) is 64.4 Å². The van der Waals surface area contributed by atoms with Crippen molar-refractivity contribution >= 4 is 17.3 Å². The smallest absolute Gasteiger partial charge is 0.185 e. The highest BCUT2D eigenvalue weighted by Crippen LogP contribution is 2.22. The highest BCUT2D eigenvalue weighted by atomic mass is 35.5. The quantitative estimate of drug-likeness (QED) is 0.766. The van der Waals surface area contributed by atoms with Gasteiger partial charge in [-0.1, -0.05) is 17.7 Å². The van der Waals surface area contributed by atoms with E-state index in [9.17, 15) is 9.50 Å². The average Bonchev–Trinajstić information content (AvgIpc) is 2.70. The van der Waals surface area contributed by atoms with Gasteiger partial charge in [0.2, 0.25) is 0 Å². The van der Waals surface area contributed by atoms with Crippen molar-refractivity contribution in [3.63, 3.8) is 0 Å². The maximum atomic E-state index is 13.8. The van der Waals surface area contributed by atoms with Crippen LogP contribution in [0.15, 0.2) is 42.5 Å². The summed E-state index contributed by atoms with van der Waals surface area (Å²) in [6, 6.07) is 13.3. The molecule has 148 valence electrons. The number of halogens is 2. The molecular formula is C20H21ClFN3O3. The summed E-state index contributed by atoms with van der Waals surface area (Å²) >= 11 is 5.76. The highest BCUT2D eigenvalue weighted by molar-refractivity contribution is 6.30. The van der Waals surface area contributed by atoms with E-state index in [1.165, 1.54) is 12.1 Å². The van der Waals surface area contributed by atoms with Crippen LogP contribution in [0.4, 0.5) is 10.1 Å². The Morgan fingerprint density at radius 3 is 2.54 bits per heavy atom. The van der Waals surface area contributed by atoms with Crippen LogP contribution in [-0.4, -0.2) is 43.3 Å². The van der Waals surface area contributed by atoms with Gasteiger partial charge in [-0.2, -0.15) is 5.26 Å². The molecule has 3 N–H and O–H groups in total. The van der Waals surface area contributed by atoms with E-state index in [0.717, 1.165) is 5.69 Å². The van der Waals surface area contributed by atoms with Crippen molar-refractivity contribution in [2.24, 2.45) is 5.73 Å². The molecule has 28 heavy (non-hydrogen) atoms. The first-order valence-corrected chi connectivity index (χ1v) is 9.20. The van der Waals surface area contributed by atoms with Crippen LogP contribution in [0.5, 0.6) is 0 Å². The fourth-order valence-corrected chi connectivity index (χ4v) is 3.05. The minimum Gasteiger partial charge on any atom is -0.386 e. The monoisotopic (exact) mass is 405 g/mol. The van der Waals surface area contributed by atoms with Gasteiger partial charge in [-0.15, -0.1) is 0 Å². The Bertz CT molecular complexity index is 836. The molecule has 0 unspecified atom stereocenters. The van der Waals surface area contributed by atoms with Crippen LogP contribution in [0.2, 0.25) is 5.02 Å². The van der Waals surface area contributed by atoms with Gasteiger partial charge >= 0.3 is 0 Å². The van der Waals surface area contributed by atoms with Crippen molar-refractivity contribution in [2.75, 3.05) is 24.7 Å². The Hall–Kier alpha value is -2.21. The molecule has 1 aliphatic heterocycles. The second-order valence-corrected chi connectivity index (χ2v) is 7.06. The lowest BCUT2D eigenvalue weighted by atomic mass is 10.1. The summed E-state index contributed by atoms with van der Waals surface area (Å²) in [5.41, 5.74) is 7.70. The molecule has 3 rings (SSSR count). The number of aliphatic hydroxyl groups excluding tert-OH is 1. The molecular weight excluding hydrogens is 385 g/mol. The Morgan fingerprint density at radius 2 is 1.93 bits per heavy atom. The van der Waals surface area contributed by atoms with E-state index in [-0.39, 0.29) is 17.6 Å². The van der Waals surface area contributed by atoms with Gasteiger partial charge in [0.1, 0.15) is 11.9 Å². The van der Waals surface area contributed by atoms with Crippen molar-refractivity contribution in [1.29, 1.82) is 5.26 Å². The van der Waals surface area contributed by atoms with Crippen LogP contribution in [0.3, 0.4) is 0 Å². The fraction of sp³-hybridized carbons (Fsp3) is 0.350. The molecule has 6 nitrogen and oxygen atoms in total. The number of nitrogens with two attached hydrogens (primary N) is 1. The van der Waals surface area contributed by atoms with Gasteiger partial charge in [0, 0.05) is 18.8 Å². The van der Waals surface area contributed by atoms with Crippen LogP contribution in [0.25, 0.3) is 0 Å². The molecule has 1 aliphatic rings. The molecule has 0 spiro atoms. The van der Waals surface area contributed by atoms with Crippen molar-refractivity contribution in [2.45, 2.75) is 25.0 Å². The van der Waals surface area contributed by atoms with Gasteiger partial charge in [-0.3, -0.25) is 0 Å². The van der Waals surface area contributed by atoms with Crippen molar-refractivity contribution in [3.8, 4) is 6.07 Å². The van der Waals surface area contributed by atoms with Crippen LogP contribution in [0.1, 0.15) is 11.1 Å². The van der Waals surface area contributed by atoms with Crippen LogP contribution in [0, 0.1) is 17.1 Å². The summed E-state index contributed by atoms with van der Waals surface area (Å²) in [6.45, 7) is 1.11. The number of anilines is 1. The molecule has 1 saturated heterocycles. The zero-order valence-corrected chi connectivity index (χ0v) is 15.8. The molecule has 1 fully saturated rings. The SMILES string of the molecule is N#Cc1ccc(N(Cc2ccc(Cl)c(F)c2)C[C@H](O)C2OCC(N)CO2)cc1. The lowest BCUT2D eigenvalue weighted by Crippen LogP contribution is -2.49. The first-order valence-electron chi connectivity index (χ1n) is 8.82. The predicted molar refractivity (Wildman–Crippen MR) is 103 cm³/mol. The second-order valence-electron chi connectivity index (χ2n) is 6.65. The van der Waals surface area contributed by atoms with Gasteiger partial charge in [0.05, 0.1) is 35.9 Å². The topological polar surface area (TPSA) is 91.7 Å². The van der Waals surface area contributed by atoms with E-state index in [2.05, 4.69) is 6.07 Å². The van der Waals surface area contributed by atoms with Crippen LogP contribution >= 0.6 is 11.6 Å². The summed E-state index contributed by atoms with van der Waals surface area (Å²) in [4.78, 5) is 1.86. The number of nitrogens with zero attached hydrogens (tertiary/aromatic N) is 2. The van der Waals surface area contributed by atoms with Gasteiger partial charge in [-0.25, -0.2) is 4.39 Å². The van der Waals surface area contributed by atoms with E-state index in [0.29, 0.717) is 30.9 Å². The van der Waals surface area contributed by atoms with E-state index < -0.39 is 18.2 Å². The average molecular weight is 406 g/mol. The Balaban J connectivity index is 1.78. The summed E-state index contributed by atoms with van der Waals surface area (Å²) in [5.74, 6) is -0.507. The summed E-state index contributed by atoms with van der Waals surface area (Å²) in [6.07, 6.45) is -1.73. The third kappa shape index (κ3) is 5.19. The predicted octanol–water partition coefficient (Wildman–Crippen LogP) is 2.42. The lowest BCUT2D eigenvalue weighted by molar-refractivity contribution is -0.225. The highest BCUT2D eigenvalue weighted by Gasteiger charge is 2.28. The number of nitriles is 1. The van der Waals surface area contributed by atoms with Gasteiger partial charge in [0.25, 0.3) is 0 Å². The van der Waals surface area contributed by atoms with E-state index >= 15 is 0 Å². The Kier molecular flexibility index (Phi) is 6.83. The number of hydrogen-bond acceptors (Lipinski definition) is 6. The summed E-state index contributed by atoms with van der Waals surface area (Å²) < 4.78 is 24.8. The molecule has 0 saturated carbocycles. The van der Waals surface area contributed by atoms with E-state index in [1.54, 1.807) is 30.3 Å². The number of ether oxygens (including phenoxy) is 2. The number of benzene rings is 2. The second kappa shape index (κ2) is 9.32. The first-order chi connectivity index (χ1) is 13.5. The van der Waals surface area contributed by atoms with Crippen molar-refractivity contribution < 1.29 is 19.0 Å². The largest absolute Gasteiger partial charge is 0.386 e. The maximum Gasteiger partial charge on any atom is 0.185 e. The molecule has 0 aromatic heterocycles. The van der Waals surface area contributed by atoms with E-state index in [4.69, 9.17) is 32.1 Å². The van der Waals surface area contributed by atoms with Gasteiger partial charge < -0.3 is 25.2 Å². The normalized spacial score (nSPS) is 20.4. The number of hydrogen-bond donors (Lipinski definition) is 2. The molecule has 2 aromatic rings. The zero-order valence-electron chi connectivity index (χ0n) is 15.1. The molecule has 0 aliphatic carbocycles. The summed E-state index contributed by atoms with van der Waals surface area (Å²) in [7, 11) is 0. The molecule has 1 atom stereocenters. The number of aliphatic hydroxyl groups is 1. The third-order valence-electron chi connectivity index (χ3n) is 4.39. The third-order valence-corrected chi connectivity index (χ3v) is 4.70. The molecule has 2 aromatic carbocycles. The van der Waals surface area contributed by atoms with Gasteiger partial charge in [-0.05, 0) is 42.0 Å². The molecule has 0 radical (unpaired) electrons. The molecule has 0 amide bonds. The van der Waals surface area contributed by atoms with Crippen LogP contribution < -0.4 is 10.6 Å². The first kappa shape index (κ1) is 20.5. The van der Waals surface area contributed by atoms with Crippen molar-refractivity contribution in [1.82, 2.24) is 0 Å².